The van der Waals surface area contributed by atoms with Gasteiger partial charge in [0.25, 0.3) is 0 Å². The van der Waals surface area contributed by atoms with Crippen LogP contribution in [0.15, 0.2) is 48.5 Å². The lowest BCUT2D eigenvalue weighted by Gasteiger charge is -2.09. The number of hydrogen-bond donors (Lipinski definition) is 2. The highest BCUT2D eigenvalue weighted by Crippen LogP contribution is 2.18. The molecule has 0 radical (unpaired) electrons. The number of carbonyl (C=O) groups is 2. The summed E-state index contributed by atoms with van der Waals surface area (Å²) in [6.07, 6.45) is 2.13. The number of nitrogens with one attached hydrogen (secondary N) is 1. The molecule has 1 atom stereocenters. The summed E-state index contributed by atoms with van der Waals surface area (Å²) in [5.41, 5.74) is 3.88. The van der Waals surface area contributed by atoms with Crippen LogP contribution in [0.4, 0.5) is 5.69 Å². The van der Waals surface area contributed by atoms with Crippen molar-refractivity contribution in [3.05, 3.63) is 65.2 Å². The molecule has 0 aliphatic rings. The number of anilines is 1. The van der Waals surface area contributed by atoms with E-state index in [9.17, 15) is 9.59 Å². The molecule has 2 aromatic carbocycles. The second kappa shape index (κ2) is 8.29. The molecule has 0 heterocycles. The number of carboxylic acid groups (broad SMARTS) is 1. The average molecular weight is 325 g/mol. The van der Waals surface area contributed by atoms with Crippen LogP contribution in [0, 0.1) is 6.92 Å². The molecule has 24 heavy (non-hydrogen) atoms. The molecule has 4 heteroatoms. The van der Waals surface area contributed by atoms with Gasteiger partial charge in [0, 0.05) is 12.1 Å². The van der Waals surface area contributed by atoms with E-state index < -0.39 is 11.9 Å². The minimum Gasteiger partial charge on any atom is -0.481 e. The van der Waals surface area contributed by atoms with E-state index in [4.69, 9.17) is 5.11 Å². The van der Waals surface area contributed by atoms with E-state index >= 15 is 0 Å². The van der Waals surface area contributed by atoms with Crippen LogP contribution in [0.3, 0.4) is 0 Å². The Morgan fingerprint density at radius 1 is 1.04 bits per heavy atom. The van der Waals surface area contributed by atoms with Crippen molar-refractivity contribution in [3.63, 3.8) is 0 Å². The van der Waals surface area contributed by atoms with Crippen LogP contribution in [0.2, 0.25) is 0 Å². The van der Waals surface area contributed by atoms with Crippen molar-refractivity contribution in [1.29, 1.82) is 0 Å². The molecule has 4 nitrogen and oxygen atoms in total. The molecule has 0 aromatic heterocycles. The first-order valence-corrected chi connectivity index (χ1v) is 8.14. The summed E-state index contributed by atoms with van der Waals surface area (Å²) in [4.78, 5) is 22.9. The van der Waals surface area contributed by atoms with Crippen molar-refractivity contribution in [2.45, 2.75) is 39.0 Å². The van der Waals surface area contributed by atoms with Gasteiger partial charge < -0.3 is 10.4 Å². The third kappa shape index (κ3) is 5.23. The number of carboxylic acids is 1. The van der Waals surface area contributed by atoms with Crippen molar-refractivity contribution >= 4 is 17.6 Å². The molecular weight excluding hydrogens is 302 g/mol. The number of benzene rings is 2. The van der Waals surface area contributed by atoms with Gasteiger partial charge in [-0.2, -0.15) is 0 Å². The quantitative estimate of drug-likeness (QED) is 0.804. The highest BCUT2D eigenvalue weighted by Gasteiger charge is 2.13. The Balaban J connectivity index is 1.79. The molecular formula is C20H23NO3. The monoisotopic (exact) mass is 325 g/mol. The number of aliphatic carboxylic acids is 1. The van der Waals surface area contributed by atoms with Crippen molar-refractivity contribution in [2.75, 3.05) is 5.32 Å². The number of carbonyl (C=O) groups excluding carboxylic acids is 1. The first-order chi connectivity index (χ1) is 11.5. The Kier molecular flexibility index (Phi) is 6.13. The van der Waals surface area contributed by atoms with Crippen LogP contribution in [-0.4, -0.2) is 17.0 Å². The fourth-order valence-electron chi connectivity index (χ4n) is 2.43. The van der Waals surface area contributed by atoms with Crippen LogP contribution < -0.4 is 5.32 Å². The van der Waals surface area contributed by atoms with Gasteiger partial charge in [-0.3, -0.25) is 9.59 Å². The van der Waals surface area contributed by atoms with E-state index in [0.717, 1.165) is 18.4 Å². The predicted molar refractivity (Wildman–Crippen MR) is 95.2 cm³/mol. The second-order valence-electron chi connectivity index (χ2n) is 6.07. The average Bonchev–Trinajstić information content (AvgIpc) is 2.56. The summed E-state index contributed by atoms with van der Waals surface area (Å²) in [5.74, 6) is -1.44. The van der Waals surface area contributed by atoms with Crippen molar-refractivity contribution in [2.24, 2.45) is 0 Å². The lowest BCUT2D eigenvalue weighted by molar-refractivity contribution is -0.138. The molecule has 0 aliphatic carbocycles. The number of rotatable bonds is 7. The van der Waals surface area contributed by atoms with Crippen LogP contribution in [0.5, 0.6) is 0 Å². The standard InChI is InChI=1S/C20H23NO3/c1-14-6-8-16(9-7-14)4-3-5-19(22)21-18-12-10-17(11-13-18)15(2)20(23)24/h6-13,15H,3-5H2,1-2H3,(H,21,22)(H,23,24). The van der Waals surface area contributed by atoms with E-state index in [-0.39, 0.29) is 5.91 Å². The van der Waals surface area contributed by atoms with E-state index in [0.29, 0.717) is 12.1 Å². The second-order valence-corrected chi connectivity index (χ2v) is 6.07. The lowest BCUT2D eigenvalue weighted by Crippen LogP contribution is -2.12. The number of hydrogen-bond acceptors (Lipinski definition) is 2. The molecule has 0 fully saturated rings. The zero-order valence-electron chi connectivity index (χ0n) is 14.1. The van der Waals surface area contributed by atoms with Gasteiger partial charge in [0.05, 0.1) is 5.92 Å². The third-order valence-corrected chi connectivity index (χ3v) is 4.05. The summed E-state index contributed by atoms with van der Waals surface area (Å²) in [7, 11) is 0. The predicted octanol–water partition coefficient (Wildman–Crippen LogP) is 4.14. The zero-order valence-corrected chi connectivity index (χ0v) is 14.1. The number of amides is 1. The molecule has 0 saturated heterocycles. The smallest absolute Gasteiger partial charge is 0.310 e. The molecule has 2 rings (SSSR count). The fourth-order valence-corrected chi connectivity index (χ4v) is 2.43. The fraction of sp³-hybridized carbons (Fsp3) is 0.300. The molecule has 1 unspecified atom stereocenters. The molecule has 2 N–H and O–H groups in total. The van der Waals surface area contributed by atoms with Gasteiger partial charge >= 0.3 is 5.97 Å². The van der Waals surface area contributed by atoms with Crippen molar-refractivity contribution in [3.8, 4) is 0 Å². The molecule has 0 spiro atoms. The summed E-state index contributed by atoms with van der Waals surface area (Å²) < 4.78 is 0. The zero-order chi connectivity index (χ0) is 17.5. The van der Waals surface area contributed by atoms with E-state index in [2.05, 4.69) is 36.5 Å². The molecule has 126 valence electrons. The first kappa shape index (κ1) is 17.7. The van der Waals surface area contributed by atoms with Gasteiger partial charge in [-0.15, -0.1) is 0 Å². The highest BCUT2D eigenvalue weighted by atomic mass is 16.4. The highest BCUT2D eigenvalue weighted by molar-refractivity contribution is 5.90. The van der Waals surface area contributed by atoms with Crippen LogP contribution >= 0.6 is 0 Å². The van der Waals surface area contributed by atoms with Crippen LogP contribution in [-0.2, 0) is 16.0 Å². The third-order valence-electron chi connectivity index (χ3n) is 4.05. The van der Waals surface area contributed by atoms with Crippen LogP contribution in [0.25, 0.3) is 0 Å². The van der Waals surface area contributed by atoms with Gasteiger partial charge in [-0.25, -0.2) is 0 Å². The Morgan fingerprint density at radius 2 is 1.67 bits per heavy atom. The van der Waals surface area contributed by atoms with E-state index in [1.54, 1.807) is 31.2 Å². The van der Waals surface area contributed by atoms with Crippen LogP contribution in [0.1, 0.15) is 42.4 Å². The van der Waals surface area contributed by atoms with Crippen molar-refractivity contribution < 1.29 is 14.7 Å². The molecule has 0 bridgehead atoms. The maximum Gasteiger partial charge on any atom is 0.310 e. The summed E-state index contributed by atoms with van der Waals surface area (Å²) in [5, 5.41) is 11.8. The van der Waals surface area contributed by atoms with Gasteiger partial charge in [-0.05, 0) is 49.9 Å². The van der Waals surface area contributed by atoms with Crippen molar-refractivity contribution in [1.82, 2.24) is 0 Å². The van der Waals surface area contributed by atoms with E-state index in [1.807, 2.05) is 0 Å². The lowest BCUT2D eigenvalue weighted by atomic mass is 10.0. The van der Waals surface area contributed by atoms with Gasteiger partial charge in [-0.1, -0.05) is 42.0 Å². The van der Waals surface area contributed by atoms with Gasteiger partial charge in [0.2, 0.25) is 5.91 Å². The van der Waals surface area contributed by atoms with E-state index in [1.165, 1.54) is 11.1 Å². The molecule has 1 amide bonds. The van der Waals surface area contributed by atoms with Gasteiger partial charge in [0.15, 0.2) is 0 Å². The Morgan fingerprint density at radius 3 is 2.25 bits per heavy atom. The molecule has 2 aromatic rings. The largest absolute Gasteiger partial charge is 0.481 e. The minimum atomic E-state index is -0.858. The Hall–Kier alpha value is -2.62. The molecule has 0 aliphatic heterocycles. The summed E-state index contributed by atoms with van der Waals surface area (Å²) in [6, 6.07) is 15.3. The maximum atomic E-state index is 12.0. The summed E-state index contributed by atoms with van der Waals surface area (Å²) >= 11 is 0. The minimum absolute atomic E-state index is 0.0267. The van der Waals surface area contributed by atoms with Gasteiger partial charge in [0.1, 0.15) is 0 Å². The molecule has 0 saturated carbocycles. The Bertz CT molecular complexity index is 690. The number of aryl methyl sites for hydroxylation is 2. The Labute approximate surface area is 142 Å². The summed E-state index contributed by atoms with van der Waals surface area (Å²) in [6.45, 7) is 3.70. The first-order valence-electron chi connectivity index (χ1n) is 8.14. The maximum absolute atomic E-state index is 12.0. The normalized spacial score (nSPS) is 11.8. The SMILES string of the molecule is Cc1ccc(CCCC(=O)Nc2ccc(C(C)C(=O)O)cc2)cc1. The topological polar surface area (TPSA) is 66.4 Å².